The smallest absolute Gasteiger partial charge is 0.406 e. The molecule has 21 heavy (non-hydrogen) atoms. The van der Waals surface area contributed by atoms with Crippen molar-refractivity contribution in [2.45, 2.75) is 33.1 Å². The number of carbonyl (C=O) groups is 1. The first-order valence-electron chi connectivity index (χ1n) is 6.34. The Labute approximate surface area is 119 Å². The lowest BCUT2D eigenvalue weighted by Gasteiger charge is -2.13. The number of nitrogens with one attached hydrogen (secondary N) is 1. The first kappa shape index (κ1) is 17.2. The summed E-state index contributed by atoms with van der Waals surface area (Å²) in [4.78, 5) is 22.6. The Morgan fingerprint density at radius 3 is 2.52 bits per heavy atom. The number of aromatic carboxylic acids is 1. The van der Waals surface area contributed by atoms with Crippen molar-refractivity contribution in [2.24, 2.45) is 5.92 Å². The molecule has 1 rings (SSSR count). The van der Waals surface area contributed by atoms with Crippen LogP contribution < -0.4 is 10.9 Å². The van der Waals surface area contributed by atoms with Crippen molar-refractivity contribution < 1.29 is 23.1 Å². The number of hydrogen-bond acceptors (Lipinski definition) is 3. The maximum absolute atomic E-state index is 12.4. The lowest BCUT2D eigenvalue weighted by molar-refractivity contribution is -0.141. The van der Waals surface area contributed by atoms with Crippen LogP contribution in [0.25, 0.3) is 0 Å². The lowest BCUT2D eigenvalue weighted by Crippen LogP contribution is -2.32. The quantitative estimate of drug-likeness (QED) is 0.841. The van der Waals surface area contributed by atoms with E-state index in [2.05, 4.69) is 5.32 Å². The summed E-state index contributed by atoms with van der Waals surface area (Å²) in [6.45, 7) is 3.22. The first-order chi connectivity index (χ1) is 9.60. The number of carboxylic acids is 1. The van der Waals surface area contributed by atoms with Crippen LogP contribution in [0, 0.1) is 5.92 Å². The fourth-order valence-electron chi connectivity index (χ4n) is 1.76. The van der Waals surface area contributed by atoms with Gasteiger partial charge in [0.1, 0.15) is 12.1 Å². The standard InChI is InChI=1S/C13H17F3N2O3/c1-8(2)4-17-5-9-3-10(12(20)21)11(19)18(6-9)7-13(14,15)16/h3,6,8,17H,4-5,7H2,1-2H3,(H,20,21). The molecule has 0 aromatic carbocycles. The summed E-state index contributed by atoms with van der Waals surface area (Å²) in [5.41, 5.74) is -1.51. The molecule has 0 atom stereocenters. The molecule has 1 aromatic heterocycles. The average molecular weight is 306 g/mol. The van der Waals surface area contributed by atoms with Gasteiger partial charge in [0, 0.05) is 12.7 Å². The maximum Gasteiger partial charge on any atom is 0.406 e. The maximum atomic E-state index is 12.4. The van der Waals surface area contributed by atoms with Gasteiger partial charge >= 0.3 is 12.1 Å². The van der Waals surface area contributed by atoms with E-state index in [0.29, 0.717) is 22.6 Å². The Hall–Kier alpha value is -1.83. The van der Waals surface area contributed by atoms with E-state index in [9.17, 15) is 22.8 Å². The third-order valence-corrected chi connectivity index (χ3v) is 2.60. The molecule has 8 heteroatoms. The third kappa shape index (κ3) is 5.58. The van der Waals surface area contributed by atoms with Gasteiger partial charge in [-0.05, 0) is 24.1 Å². The van der Waals surface area contributed by atoms with E-state index in [1.807, 2.05) is 13.8 Å². The Morgan fingerprint density at radius 2 is 2.05 bits per heavy atom. The molecule has 0 aliphatic carbocycles. The highest BCUT2D eigenvalue weighted by molar-refractivity contribution is 5.87. The van der Waals surface area contributed by atoms with Crippen LogP contribution >= 0.6 is 0 Å². The number of rotatable bonds is 6. The fraction of sp³-hybridized carbons (Fsp3) is 0.538. The summed E-state index contributed by atoms with van der Waals surface area (Å²) in [7, 11) is 0. The van der Waals surface area contributed by atoms with Crippen molar-refractivity contribution in [1.29, 1.82) is 0 Å². The summed E-state index contributed by atoms with van der Waals surface area (Å²) >= 11 is 0. The number of pyridine rings is 1. The van der Waals surface area contributed by atoms with Crippen LogP contribution in [0.2, 0.25) is 0 Å². The molecule has 0 aliphatic heterocycles. The van der Waals surface area contributed by atoms with Crippen LogP contribution in [0.4, 0.5) is 13.2 Å². The van der Waals surface area contributed by atoms with E-state index < -0.39 is 29.8 Å². The molecule has 1 aromatic rings. The molecule has 5 nitrogen and oxygen atoms in total. The number of aromatic nitrogens is 1. The molecular formula is C13H17F3N2O3. The predicted octanol–water partition coefficient (Wildman–Crippen LogP) is 1.85. The second-order valence-corrected chi connectivity index (χ2v) is 5.14. The molecule has 0 aliphatic rings. The number of hydrogen-bond donors (Lipinski definition) is 2. The second kappa shape index (κ2) is 6.75. The van der Waals surface area contributed by atoms with Crippen molar-refractivity contribution in [3.8, 4) is 0 Å². The van der Waals surface area contributed by atoms with Crippen LogP contribution in [0.15, 0.2) is 17.1 Å². The Balaban J connectivity index is 3.09. The van der Waals surface area contributed by atoms with E-state index in [1.54, 1.807) is 0 Å². The van der Waals surface area contributed by atoms with Gasteiger partial charge in [0.05, 0.1) is 0 Å². The topological polar surface area (TPSA) is 71.3 Å². The normalized spacial score (nSPS) is 11.9. The van der Waals surface area contributed by atoms with Crippen molar-refractivity contribution in [2.75, 3.05) is 6.54 Å². The highest BCUT2D eigenvalue weighted by Gasteiger charge is 2.29. The Kier molecular flexibility index (Phi) is 5.54. The molecule has 0 amide bonds. The zero-order chi connectivity index (χ0) is 16.2. The third-order valence-electron chi connectivity index (χ3n) is 2.60. The summed E-state index contributed by atoms with van der Waals surface area (Å²) in [6, 6.07) is 1.10. The minimum absolute atomic E-state index is 0.191. The SMILES string of the molecule is CC(C)CNCc1cc(C(=O)O)c(=O)n(CC(F)(F)F)c1. The van der Waals surface area contributed by atoms with Gasteiger partial charge < -0.3 is 15.0 Å². The molecule has 0 spiro atoms. The average Bonchev–Trinajstić information content (AvgIpc) is 2.30. The van der Waals surface area contributed by atoms with Crippen molar-refractivity contribution in [3.63, 3.8) is 0 Å². The van der Waals surface area contributed by atoms with E-state index in [0.717, 1.165) is 12.3 Å². The van der Waals surface area contributed by atoms with Gasteiger partial charge in [-0.25, -0.2) is 4.79 Å². The molecule has 0 unspecified atom stereocenters. The van der Waals surface area contributed by atoms with Gasteiger partial charge in [0.25, 0.3) is 5.56 Å². The second-order valence-electron chi connectivity index (χ2n) is 5.14. The van der Waals surface area contributed by atoms with E-state index in [1.165, 1.54) is 0 Å². The minimum Gasteiger partial charge on any atom is -0.477 e. The molecule has 118 valence electrons. The molecule has 0 bridgehead atoms. The Bertz CT molecular complexity index is 565. The van der Waals surface area contributed by atoms with Crippen molar-refractivity contribution in [3.05, 3.63) is 33.7 Å². The zero-order valence-corrected chi connectivity index (χ0v) is 11.7. The number of carboxylic acid groups (broad SMARTS) is 1. The molecule has 0 saturated carbocycles. The van der Waals surface area contributed by atoms with Gasteiger partial charge in [-0.1, -0.05) is 13.8 Å². The number of nitrogens with zero attached hydrogens (tertiary/aromatic N) is 1. The molecule has 1 heterocycles. The van der Waals surface area contributed by atoms with Crippen LogP contribution in [0.1, 0.15) is 29.8 Å². The molecule has 0 saturated heterocycles. The zero-order valence-electron chi connectivity index (χ0n) is 11.7. The van der Waals surface area contributed by atoms with Gasteiger partial charge in [0.2, 0.25) is 0 Å². The summed E-state index contributed by atoms with van der Waals surface area (Å²) in [5, 5.41) is 11.9. The first-order valence-corrected chi connectivity index (χ1v) is 6.34. The van der Waals surface area contributed by atoms with Gasteiger partial charge in [-0.15, -0.1) is 0 Å². The van der Waals surface area contributed by atoms with Crippen LogP contribution in [-0.2, 0) is 13.1 Å². The van der Waals surface area contributed by atoms with E-state index in [4.69, 9.17) is 5.11 Å². The summed E-state index contributed by atoms with van der Waals surface area (Å²) in [5.74, 6) is -1.20. The Morgan fingerprint density at radius 1 is 1.43 bits per heavy atom. The number of alkyl halides is 3. The highest BCUT2D eigenvalue weighted by atomic mass is 19.4. The van der Waals surface area contributed by atoms with Gasteiger partial charge in [0.15, 0.2) is 0 Å². The molecule has 0 radical (unpaired) electrons. The minimum atomic E-state index is -4.59. The van der Waals surface area contributed by atoms with E-state index >= 15 is 0 Å². The van der Waals surface area contributed by atoms with Gasteiger partial charge in [-0.2, -0.15) is 13.2 Å². The molecule has 2 N–H and O–H groups in total. The number of halogens is 3. The highest BCUT2D eigenvalue weighted by Crippen LogP contribution is 2.17. The summed E-state index contributed by atoms with van der Waals surface area (Å²) in [6.07, 6.45) is -3.56. The monoisotopic (exact) mass is 306 g/mol. The van der Waals surface area contributed by atoms with Crippen molar-refractivity contribution in [1.82, 2.24) is 9.88 Å². The van der Waals surface area contributed by atoms with Crippen LogP contribution in [0.3, 0.4) is 0 Å². The van der Waals surface area contributed by atoms with Crippen LogP contribution in [0.5, 0.6) is 0 Å². The van der Waals surface area contributed by atoms with Gasteiger partial charge in [-0.3, -0.25) is 4.79 Å². The van der Waals surface area contributed by atoms with E-state index in [-0.39, 0.29) is 6.54 Å². The molecule has 0 fully saturated rings. The molecular weight excluding hydrogens is 289 g/mol. The van der Waals surface area contributed by atoms with Crippen molar-refractivity contribution >= 4 is 5.97 Å². The summed E-state index contributed by atoms with van der Waals surface area (Å²) < 4.78 is 37.6. The predicted molar refractivity (Wildman–Crippen MR) is 70.3 cm³/mol. The van der Waals surface area contributed by atoms with Crippen LogP contribution in [-0.4, -0.2) is 28.4 Å². The lowest BCUT2D eigenvalue weighted by atomic mass is 10.1. The fourth-order valence-corrected chi connectivity index (χ4v) is 1.76. The largest absolute Gasteiger partial charge is 0.477 e.